The zero-order valence-corrected chi connectivity index (χ0v) is 5.84. The van der Waals surface area contributed by atoms with Gasteiger partial charge in [0.05, 0.1) is 0 Å². The van der Waals surface area contributed by atoms with Crippen LogP contribution in [-0.2, 0) is 9.59 Å². The summed E-state index contributed by atoms with van der Waals surface area (Å²) in [5.41, 5.74) is 4.82. The molecule has 0 fully saturated rings. The van der Waals surface area contributed by atoms with Gasteiger partial charge < -0.3 is 10.8 Å². The first-order chi connectivity index (χ1) is 4.46. The number of carbonyl (C=O) groups excluding carboxylic acids is 1. The van der Waals surface area contributed by atoms with Crippen LogP contribution in [0.15, 0.2) is 11.3 Å². The van der Waals surface area contributed by atoms with Crippen molar-refractivity contribution < 1.29 is 14.7 Å². The van der Waals surface area contributed by atoms with Gasteiger partial charge in [0.2, 0.25) is 0 Å². The van der Waals surface area contributed by atoms with E-state index in [-0.39, 0.29) is 11.3 Å². The molecule has 4 heteroatoms. The largest absolute Gasteiger partial charge is 0.477 e. The Bertz CT molecular complexity index is 185. The van der Waals surface area contributed by atoms with E-state index in [0.717, 1.165) is 0 Å². The molecule has 0 aliphatic carbocycles. The normalized spacial score (nSPS) is 12.2. The van der Waals surface area contributed by atoms with Gasteiger partial charge in [0.25, 0.3) is 0 Å². The van der Waals surface area contributed by atoms with E-state index in [1.165, 1.54) is 13.8 Å². The molecule has 10 heavy (non-hydrogen) atoms. The number of allylic oxidation sites excluding steroid dienone is 1. The summed E-state index contributed by atoms with van der Waals surface area (Å²) in [5.74, 6) is -1.79. The van der Waals surface area contributed by atoms with Crippen molar-refractivity contribution in [1.29, 1.82) is 0 Å². The van der Waals surface area contributed by atoms with E-state index in [0.29, 0.717) is 0 Å². The second-order valence-corrected chi connectivity index (χ2v) is 1.92. The van der Waals surface area contributed by atoms with Gasteiger partial charge in [0.15, 0.2) is 5.78 Å². The van der Waals surface area contributed by atoms with Crippen molar-refractivity contribution in [3.05, 3.63) is 11.3 Å². The van der Waals surface area contributed by atoms with Crippen LogP contribution in [0.5, 0.6) is 0 Å². The number of hydrogen-bond acceptors (Lipinski definition) is 3. The molecule has 0 heterocycles. The number of nitrogens with two attached hydrogens (primary N) is 1. The minimum Gasteiger partial charge on any atom is -0.477 e. The highest BCUT2D eigenvalue weighted by Gasteiger charge is 2.14. The van der Waals surface area contributed by atoms with Crippen molar-refractivity contribution in [2.75, 3.05) is 0 Å². The third-order valence-electron chi connectivity index (χ3n) is 0.960. The Kier molecular flexibility index (Phi) is 2.61. The third kappa shape index (κ3) is 1.89. The molecule has 0 aliphatic heterocycles. The van der Waals surface area contributed by atoms with Crippen molar-refractivity contribution in [2.45, 2.75) is 13.8 Å². The van der Waals surface area contributed by atoms with Crippen molar-refractivity contribution in [1.82, 2.24) is 0 Å². The van der Waals surface area contributed by atoms with E-state index < -0.39 is 11.8 Å². The summed E-state index contributed by atoms with van der Waals surface area (Å²) in [6.45, 7) is 2.55. The number of Topliss-reactive ketones (excluding diaryl/α,β-unsaturated/α-hetero) is 1. The average molecular weight is 143 g/mol. The Morgan fingerprint density at radius 1 is 1.30 bits per heavy atom. The number of aliphatic carboxylic acids is 1. The van der Waals surface area contributed by atoms with Crippen LogP contribution < -0.4 is 5.73 Å². The lowest BCUT2D eigenvalue weighted by Gasteiger charge is -1.97. The van der Waals surface area contributed by atoms with Gasteiger partial charge in [0, 0.05) is 5.70 Å². The predicted octanol–water partition coefficient (Wildman–Crippen LogP) is -0.107. The first-order valence-electron chi connectivity index (χ1n) is 2.67. The number of carboxylic acids is 1. The fourth-order valence-corrected chi connectivity index (χ4v) is 0.597. The highest BCUT2D eigenvalue weighted by molar-refractivity contribution is 6.16. The molecular weight excluding hydrogens is 134 g/mol. The van der Waals surface area contributed by atoms with Crippen LogP contribution in [0.25, 0.3) is 0 Å². The maximum Gasteiger partial charge on any atom is 0.341 e. The van der Waals surface area contributed by atoms with Gasteiger partial charge in [-0.15, -0.1) is 0 Å². The topological polar surface area (TPSA) is 80.4 Å². The molecule has 0 saturated heterocycles. The Morgan fingerprint density at radius 3 is 1.70 bits per heavy atom. The average Bonchev–Trinajstić information content (AvgIpc) is 1.59. The molecule has 0 aromatic heterocycles. The summed E-state index contributed by atoms with van der Waals surface area (Å²) in [6.07, 6.45) is 0. The molecular formula is C6H9NO3. The lowest BCUT2D eigenvalue weighted by molar-refractivity contribution is -0.134. The van der Waals surface area contributed by atoms with Gasteiger partial charge in [-0.3, -0.25) is 4.79 Å². The molecule has 56 valence electrons. The van der Waals surface area contributed by atoms with Gasteiger partial charge in [-0.2, -0.15) is 0 Å². The maximum absolute atomic E-state index is 10.5. The first kappa shape index (κ1) is 8.68. The summed E-state index contributed by atoms with van der Waals surface area (Å²) < 4.78 is 0. The molecule has 0 unspecified atom stereocenters. The Hall–Kier alpha value is -1.32. The van der Waals surface area contributed by atoms with Crippen LogP contribution in [-0.4, -0.2) is 16.9 Å². The van der Waals surface area contributed by atoms with Gasteiger partial charge >= 0.3 is 5.97 Å². The first-order valence-corrected chi connectivity index (χ1v) is 2.67. The molecule has 3 N–H and O–H groups in total. The van der Waals surface area contributed by atoms with E-state index >= 15 is 0 Å². The minimum absolute atomic E-state index is 0.0417. The lowest BCUT2D eigenvalue weighted by atomic mass is 10.1. The zero-order valence-electron chi connectivity index (χ0n) is 5.84. The van der Waals surface area contributed by atoms with E-state index in [1.807, 2.05) is 0 Å². The summed E-state index contributed by atoms with van der Waals surface area (Å²) in [7, 11) is 0. The standard InChI is InChI=1S/C6H9NO3/c1-3(7)5(4(2)8)6(9)10/h7H2,1-2H3,(H,9,10). The monoisotopic (exact) mass is 143 g/mol. The zero-order chi connectivity index (χ0) is 8.31. The third-order valence-corrected chi connectivity index (χ3v) is 0.960. The van der Waals surface area contributed by atoms with E-state index in [9.17, 15) is 9.59 Å². The molecule has 0 atom stereocenters. The van der Waals surface area contributed by atoms with Crippen molar-refractivity contribution in [2.24, 2.45) is 5.73 Å². The van der Waals surface area contributed by atoms with Crippen LogP contribution in [0.3, 0.4) is 0 Å². The van der Waals surface area contributed by atoms with Crippen LogP contribution in [0.4, 0.5) is 0 Å². The van der Waals surface area contributed by atoms with Crippen molar-refractivity contribution in [3.63, 3.8) is 0 Å². The fourth-order valence-electron chi connectivity index (χ4n) is 0.597. The molecule has 4 nitrogen and oxygen atoms in total. The number of rotatable bonds is 2. The van der Waals surface area contributed by atoms with Gasteiger partial charge in [-0.1, -0.05) is 0 Å². The van der Waals surface area contributed by atoms with Crippen LogP contribution >= 0.6 is 0 Å². The lowest BCUT2D eigenvalue weighted by Crippen LogP contribution is -2.14. The molecule has 0 saturated carbocycles. The highest BCUT2D eigenvalue weighted by atomic mass is 16.4. The second kappa shape index (κ2) is 3.00. The Balaban J connectivity index is 4.79. The summed E-state index contributed by atoms with van der Waals surface area (Å²) >= 11 is 0. The molecule has 0 aliphatic rings. The fraction of sp³-hybridized carbons (Fsp3) is 0.333. The maximum atomic E-state index is 10.5. The van der Waals surface area contributed by atoms with Crippen molar-refractivity contribution >= 4 is 11.8 Å². The summed E-state index contributed by atoms with van der Waals surface area (Å²) in [5, 5.41) is 8.36. The Morgan fingerprint density at radius 2 is 1.70 bits per heavy atom. The number of carboxylic acid groups (broad SMARTS) is 1. The van der Waals surface area contributed by atoms with Gasteiger partial charge in [-0.25, -0.2) is 4.79 Å². The smallest absolute Gasteiger partial charge is 0.341 e. The Labute approximate surface area is 58.3 Å². The SMILES string of the molecule is CC(=O)C(C(=O)O)=C(C)N. The number of ketones is 1. The van der Waals surface area contributed by atoms with Crippen LogP contribution in [0.2, 0.25) is 0 Å². The molecule has 0 radical (unpaired) electrons. The molecule has 0 aromatic carbocycles. The highest BCUT2D eigenvalue weighted by Crippen LogP contribution is 1.99. The van der Waals surface area contributed by atoms with Crippen LogP contribution in [0.1, 0.15) is 13.8 Å². The van der Waals surface area contributed by atoms with Gasteiger partial charge in [0.1, 0.15) is 5.57 Å². The molecule has 0 bridgehead atoms. The molecule has 0 spiro atoms. The van der Waals surface area contributed by atoms with Crippen molar-refractivity contribution in [3.8, 4) is 0 Å². The van der Waals surface area contributed by atoms with Gasteiger partial charge in [-0.05, 0) is 13.8 Å². The summed E-state index contributed by atoms with van der Waals surface area (Å²) in [4.78, 5) is 20.7. The summed E-state index contributed by atoms with van der Waals surface area (Å²) in [6, 6.07) is 0. The second-order valence-electron chi connectivity index (χ2n) is 1.92. The van der Waals surface area contributed by atoms with E-state index in [2.05, 4.69) is 0 Å². The molecule has 0 aromatic rings. The molecule has 0 amide bonds. The van der Waals surface area contributed by atoms with Crippen LogP contribution in [0, 0.1) is 0 Å². The number of hydrogen-bond donors (Lipinski definition) is 2. The van der Waals surface area contributed by atoms with E-state index in [4.69, 9.17) is 10.8 Å². The quantitative estimate of drug-likeness (QED) is 0.321. The minimum atomic E-state index is -1.27. The molecule has 0 rings (SSSR count). The van der Waals surface area contributed by atoms with E-state index in [1.54, 1.807) is 0 Å². The predicted molar refractivity (Wildman–Crippen MR) is 35.2 cm³/mol. The number of carbonyl (C=O) groups is 2.